The standard InChI is InChI=1S/C30H39ClIN3O3/c1-4-25(33-28(36)21-14-12-20(18-32)13-15-21)29(37)35-27(16-19(2)3)30(38)34-26-11-6-5-10-24(26)22-8-7-9-23(31)17-22/h7-9,12-15,17,19,24-27H,4-6,10-11,16,18H2,1-3H3,(H,33,36)(H,34,38)(H,35,37)/t24-,25-,26+,27-/m0/s1. The molecule has 38 heavy (non-hydrogen) atoms. The fraction of sp³-hybridized carbons (Fsp3) is 0.500. The highest BCUT2D eigenvalue weighted by Crippen LogP contribution is 2.34. The van der Waals surface area contributed by atoms with E-state index < -0.39 is 12.1 Å². The number of rotatable bonds is 11. The monoisotopic (exact) mass is 651 g/mol. The lowest BCUT2D eigenvalue weighted by Crippen LogP contribution is -2.55. The van der Waals surface area contributed by atoms with Gasteiger partial charge < -0.3 is 16.0 Å². The maximum atomic E-state index is 13.5. The minimum atomic E-state index is -0.733. The van der Waals surface area contributed by atoms with Crippen LogP contribution in [0.4, 0.5) is 0 Å². The lowest BCUT2D eigenvalue weighted by atomic mass is 9.80. The van der Waals surface area contributed by atoms with E-state index in [1.54, 1.807) is 12.1 Å². The Morgan fingerprint density at radius 1 is 0.974 bits per heavy atom. The number of hydrogen-bond donors (Lipinski definition) is 3. The van der Waals surface area contributed by atoms with Crippen LogP contribution in [0.25, 0.3) is 0 Å². The van der Waals surface area contributed by atoms with E-state index in [0.717, 1.165) is 41.2 Å². The number of carbonyl (C=O) groups is 3. The minimum Gasteiger partial charge on any atom is -0.351 e. The fourth-order valence-corrected chi connectivity index (χ4v) is 5.75. The summed E-state index contributed by atoms with van der Waals surface area (Å²) in [6.07, 6.45) is 4.94. The molecule has 3 amide bonds. The minimum absolute atomic E-state index is 0.0199. The molecule has 0 unspecified atom stereocenters. The van der Waals surface area contributed by atoms with E-state index in [1.165, 1.54) is 0 Å². The Morgan fingerprint density at radius 2 is 1.68 bits per heavy atom. The Morgan fingerprint density at radius 3 is 2.32 bits per heavy atom. The molecule has 3 rings (SSSR count). The van der Waals surface area contributed by atoms with Crippen LogP contribution in [0.3, 0.4) is 0 Å². The third-order valence-corrected chi connectivity index (χ3v) is 8.23. The van der Waals surface area contributed by atoms with E-state index in [-0.39, 0.29) is 35.6 Å². The molecular formula is C30H39ClIN3O3. The number of alkyl halides is 1. The molecule has 1 fully saturated rings. The van der Waals surface area contributed by atoms with Gasteiger partial charge in [-0.15, -0.1) is 0 Å². The number of hydrogen-bond acceptors (Lipinski definition) is 3. The SMILES string of the molecule is CC[C@H](NC(=O)c1ccc(CI)cc1)C(=O)N[C@@H](CC(C)C)C(=O)N[C@@H]1CCCC[C@H]1c1cccc(Cl)c1. The summed E-state index contributed by atoms with van der Waals surface area (Å²) < 4.78 is 0.861. The van der Waals surface area contributed by atoms with E-state index in [0.29, 0.717) is 23.4 Å². The first kappa shape index (κ1) is 30.4. The van der Waals surface area contributed by atoms with E-state index >= 15 is 0 Å². The normalized spacial score (nSPS) is 18.9. The summed E-state index contributed by atoms with van der Waals surface area (Å²) in [6, 6.07) is 13.8. The van der Waals surface area contributed by atoms with E-state index in [2.05, 4.69) is 44.6 Å². The van der Waals surface area contributed by atoms with Crippen LogP contribution < -0.4 is 16.0 Å². The van der Waals surface area contributed by atoms with E-state index in [9.17, 15) is 14.4 Å². The quantitative estimate of drug-likeness (QED) is 0.201. The van der Waals surface area contributed by atoms with Crippen LogP contribution in [0.15, 0.2) is 48.5 Å². The second kappa shape index (κ2) is 14.9. The average Bonchev–Trinajstić information content (AvgIpc) is 2.91. The maximum Gasteiger partial charge on any atom is 0.251 e. The summed E-state index contributed by atoms with van der Waals surface area (Å²) in [5.74, 6) is -0.444. The van der Waals surface area contributed by atoms with Gasteiger partial charge in [-0.25, -0.2) is 0 Å². The second-order valence-electron chi connectivity index (χ2n) is 10.5. The summed E-state index contributed by atoms with van der Waals surface area (Å²) in [5, 5.41) is 9.71. The van der Waals surface area contributed by atoms with Crippen LogP contribution in [-0.4, -0.2) is 35.8 Å². The Kier molecular flexibility index (Phi) is 11.9. The van der Waals surface area contributed by atoms with Gasteiger partial charge >= 0.3 is 0 Å². The summed E-state index contributed by atoms with van der Waals surface area (Å²) in [5.41, 5.74) is 2.77. The van der Waals surface area contributed by atoms with Gasteiger partial charge in [-0.1, -0.05) is 92.1 Å². The molecule has 206 valence electrons. The van der Waals surface area contributed by atoms with Crippen molar-refractivity contribution < 1.29 is 14.4 Å². The van der Waals surface area contributed by atoms with Gasteiger partial charge in [0.15, 0.2) is 0 Å². The van der Waals surface area contributed by atoms with Crippen molar-refractivity contribution in [3.8, 4) is 0 Å². The van der Waals surface area contributed by atoms with Gasteiger partial charge in [0, 0.05) is 27.0 Å². The molecule has 0 aliphatic heterocycles. The molecule has 0 heterocycles. The molecule has 8 heteroatoms. The fourth-order valence-electron chi connectivity index (χ4n) is 5.04. The third-order valence-electron chi connectivity index (χ3n) is 7.11. The average molecular weight is 652 g/mol. The van der Waals surface area contributed by atoms with Gasteiger partial charge in [0.1, 0.15) is 12.1 Å². The molecule has 0 radical (unpaired) electrons. The van der Waals surface area contributed by atoms with E-state index in [1.807, 2.05) is 51.1 Å². The summed E-state index contributed by atoms with van der Waals surface area (Å²) >= 11 is 8.52. The van der Waals surface area contributed by atoms with Crippen molar-refractivity contribution in [1.29, 1.82) is 0 Å². The van der Waals surface area contributed by atoms with Gasteiger partial charge in [-0.3, -0.25) is 14.4 Å². The topological polar surface area (TPSA) is 87.3 Å². The van der Waals surface area contributed by atoms with Crippen LogP contribution in [-0.2, 0) is 14.0 Å². The zero-order valence-electron chi connectivity index (χ0n) is 22.4. The van der Waals surface area contributed by atoms with Crippen LogP contribution in [0.1, 0.15) is 86.7 Å². The van der Waals surface area contributed by atoms with Crippen molar-refractivity contribution >= 4 is 51.9 Å². The van der Waals surface area contributed by atoms with Crippen molar-refractivity contribution in [2.24, 2.45) is 5.92 Å². The highest BCUT2D eigenvalue weighted by Gasteiger charge is 2.32. The Hall–Kier alpha value is -2.13. The van der Waals surface area contributed by atoms with Crippen molar-refractivity contribution in [3.63, 3.8) is 0 Å². The van der Waals surface area contributed by atoms with Gasteiger partial charge in [-0.2, -0.15) is 0 Å². The predicted octanol–water partition coefficient (Wildman–Crippen LogP) is 6.16. The summed E-state index contributed by atoms with van der Waals surface area (Å²) in [6.45, 7) is 5.90. The number of nitrogens with one attached hydrogen (secondary N) is 3. The molecule has 3 N–H and O–H groups in total. The van der Waals surface area contributed by atoms with Crippen molar-refractivity contribution in [2.45, 2.75) is 87.8 Å². The largest absolute Gasteiger partial charge is 0.351 e. The zero-order chi connectivity index (χ0) is 27.7. The molecule has 6 nitrogen and oxygen atoms in total. The van der Waals surface area contributed by atoms with Crippen LogP contribution in [0.2, 0.25) is 5.02 Å². The molecule has 1 aliphatic rings. The van der Waals surface area contributed by atoms with E-state index in [4.69, 9.17) is 11.6 Å². The molecule has 4 atom stereocenters. The second-order valence-corrected chi connectivity index (χ2v) is 11.7. The summed E-state index contributed by atoms with van der Waals surface area (Å²) in [4.78, 5) is 39.5. The number of carbonyl (C=O) groups excluding carboxylic acids is 3. The zero-order valence-corrected chi connectivity index (χ0v) is 25.3. The lowest BCUT2D eigenvalue weighted by Gasteiger charge is -2.34. The summed E-state index contributed by atoms with van der Waals surface area (Å²) in [7, 11) is 0. The highest BCUT2D eigenvalue weighted by molar-refractivity contribution is 14.1. The molecule has 0 saturated heterocycles. The first-order valence-corrected chi connectivity index (χ1v) is 15.4. The Balaban J connectivity index is 1.68. The Labute approximate surface area is 245 Å². The molecular weight excluding hydrogens is 613 g/mol. The smallest absolute Gasteiger partial charge is 0.251 e. The van der Waals surface area contributed by atoms with Crippen LogP contribution in [0.5, 0.6) is 0 Å². The van der Waals surface area contributed by atoms with Crippen molar-refractivity contribution in [2.75, 3.05) is 0 Å². The number of benzene rings is 2. The first-order chi connectivity index (χ1) is 18.2. The molecule has 0 aromatic heterocycles. The number of amides is 3. The lowest BCUT2D eigenvalue weighted by molar-refractivity contribution is -0.131. The number of halogens is 2. The van der Waals surface area contributed by atoms with Crippen molar-refractivity contribution in [1.82, 2.24) is 16.0 Å². The van der Waals surface area contributed by atoms with Crippen molar-refractivity contribution in [3.05, 3.63) is 70.2 Å². The van der Waals surface area contributed by atoms with Gasteiger partial charge in [0.05, 0.1) is 0 Å². The maximum absolute atomic E-state index is 13.5. The van der Waals surface area contributed by atoms with Gasteiger partial charge in [-0.05, 0) is 67.0 Å². The Bertz CT molecular complexity index is 1090. The molecule has 2 aromatic rings. The van der Waals surface area contributed by atoms with Crippen LogP contribution in [0, 0.1) is 5.92 Å². The molecule has 1 aliphatic carbocycles. The molecule has 0 bridgehead atoms. The highest BCUT2D eigenvalue weighted by atomic mass is 127. The molecule has 1 saturated carbocycles. The first-order valence-electron chi connectivity index (χ1n) is 13.5. The molecule has 0 spiro atoms. The van der Waals surface area contributed by atoms with Gasteiger partial charge in [0.2, 0.25) is 11.8 Å². The predicted molar refractivity (Wildman–Crippen MR) is 162 cm³/mol. The van der Waals surface area contributed by atoms with Crippen LogP contribution >= 0.6 is 34.2 Å². The molecule has 2 aromatic carbocycles. The third kappa shape index (κ3) is 8.70. The van der Waals surface area contributed by atoms with Gasteiger partial charge in [0.25, 0.3) is 5.91 Å².